The number of carbonyl (C=O) groups excluding carboxylic acids is 1. The third kappa shape index (κ3) is 5.03. The van der Waals surface area contributed by atoms with Crippen LogP contribution in [-0.4, -0.2) is 30.0 Å². The molecule has 25 heavy (non-hydrogen) atoms. The summed E-state index contributed by atoms with van der Waals surface area (Å²) in [7, 11) is 0. The van der Waals surface area contributed by atoms with E-state index in [1.807, 2.05) is 0 Å². The molecule has 0 aliphatic heterocycles. The molecule has 0 atom stereocenters. The molecular formula is C17H17F2NO5. The topological polar surface area (TPSA) is 88.8 Å². The van der Waals surface area contributed by atoms with Crippen LogP contribution >= 0.6 is 0 Å². The largest absolute Gasteiger partial charge is 0.488 e. The lowest BCUT2D eigenvalue weighted by Crippen LogP contribution is -2.22. The van der Waals surface area contributed by atoms with Gasteiger partial charge >= 0.3 is 5.97 Å². The molecule has 6 nitrogen and oxygen atoms in total. The average Bonchev–Trinajstić information content (AvgIpc) is 3.03. The maximum atomic E-state index is 12.1. The van der Waals surface area contributed by atoms with Gasteiger partial charge in [-0.2, -0.15) is 0 Å². The fourth-order valence-corrected chi connectivity index (χ4v) is 2.16. The van der Waals surface area contributed by atoms with Crippen molar-refractivity contribution in [1.82, 2.24) is 5.32 Å². The van der Waals surface area contributed by atoms with Gasteiger partial charge in [0.15, 0.2) is 5.76 Å². The van der Waals surface area contributed by atoms with Crippen LogP contribution in [0.4, 0.5) is 8.78 Å². The summed E-state index contributed by atoms with van der Waals surface area (Å²) in [6.45, 7) is 1.12. The summed E-state index contributed by atoms with van der Waals surface area (Å²) in [4.78, 5) is 23.2. The third-order valence-corrected chi connectivity index (χ3v) is 3.31. The maximum absolute atomic E-state index is 12.1. The molecule has 0 unspecified atom stereocenters. The van der Waals surface area contributed by atoms with Crippen LogP contribution in [0.25, 0.3) is 0 Å². The molecule has 1 heterocycles. The van der Waals surface area contributed by atoms with Gasteiger partial charge in [-0.3, -0.25) is 4.79 Å². The minimum Gasteiger partial charge on any atom is -0.488 e. The van der Waals surface area contributed by atoms with Gasteiger partial charge in [0, 0.05) is 19.0 Å². The molecule has 0 saturated carbocycles. The summed E-state index contributed by atoms with van der Waals surface area (Å²) in [5.74, 6) is -1.34. The summed E-state index contributed by atoms with van der Waals surface area (Å²) in [6.07, 6.45) is -2.23. The molecule has 2 N–H and O–H groups in total. The second kappa shape index (κ2) is 8.27. The maximum Gasteiger partial charge on any atom is 0.339 e. The normalized spacial score (nSPS) is 10.7. The lowest BCUT2D eigenvalue weighted by molar-refractivity contribution is 0.0694. The molecule has 0 fully saturated rings. The van der Waals surface area contributed by atoms with Crippen LogP contribution in [-0.2, 0) is 13.0 Å². The zero-order valence-electron chi connectivity index (χ0n) is 13.4. The number of amides is 1. The van der Waals surface area contributed by atoms with Crippen molar-refractivity contribution >= 4 is 11.9 Å². The van der Waals surface area contributed by atoms with Crippen LogP contribution in [0.1, 0.15) is 39.2 Å². The first-order chi connectivity index (χ1) is 11.9. The minimum atomic E-state index is -2.57. The number of aromatic carboxylic acids is 1. The van der Waals surface area contributed by atoms with E-state index >= 15 is 0 Å². The highest BCUT2D eigenvalue weighted by Crippen LogP contribution is 2.17. The Labute approximate surface area is 142 Å². The van der Waals surface area contributed by atoms with E-state index < -0.39 is 24.9 Å². The van der Waals surface area contributed by atoms with Crippen molar-refractivity contribution in [2.45, 2.75) is 26.3 Å². The standard InChI is InChI=1S/C17H17F2NO5/c1-2-13-12(17(22)23)7-14(25-13)16(21)20-8-10-4-3-5-11(6-10)24-9-15(18)19/h3-7,15H,2,8-9H2,1H3,(H,20,21)(H,22,23). The molecule has 1 aromatic carbocycles. The van der Waals surface area contributed by atoms with Crippen molar-refractivity contribution in [3.8, 4) is 5.75 Å². The molecule has 8 heteroatoms. The van der Waals surface area contributed by atoms with E-state index in [2.05, 4.69) is 5.32 Å². The van der Waals surface area contributed by atoms with E-state index in [1.54, 1.807) is 19.1 Å². The van der Waals surface area contributed by atoms with Gasteiger partial charge in [0.05, 0.1) is 0 Å². The van der Waals surface area contributed by atoms with E-state index in [0.29, 0.717) is 12.0 Å². The van der Waals surface area contributed by atoms with Crippen molar-refractivity contribution < 1.29 is 32.6 Å². The number of carboxylic acids is 1. The Morgan fingerprint density at radius 2 is 2.08 bits per heavy atom. The van der Waals surface area contributed by atoms with Gasteiger partial charge in [0.25, 0.3) is 12.3 Å². The smallest absolute Gasteiger partial charge is 0.339 e. The Kier molecular flexibility index (Phi) is 6.10. The summed E-state index contributed by atoms with van der Waals surface area (Å²) in [5.41, 5.74) is 0.593. The van der Waals surface area contributed by atoms with E-state index in [4.69, 9.17) is 14.3 Å². The molecule has 1 amide bonds. The Bertz CT molecular complexity index is 757. The number of aryl methyl sites for hydroxylation is 1. The van der Waals surface area contributed by atoms with Crippen molar-refractivity contribution in [2.24, 2.45) is 0 Å². The number of alkyl halides is 2. The lowest BCUT2D eigenvalue weighted by atomic mass is 10.2. The highest BCUT2D eigenvalue weighted by molar-refractivity contribution is 5.96. The van der Waals surface area contributed by atoms with E-state index in [9.17, 15) is 18.4 Å². The second-order valence-electron chi connectivity index (χ2n) is 5.14. The van der Waals surface area contributed by atoms with Crippen LogP contribution < -0.4 is 10.1 Å². The first kappa shape index (κ1) is 18.4. The molecule has 0 saturated heterocycles. The van der Waals surface area contributed by atoms with Crippen molar-refractivity contribution in [1.29, 1.82) is 0 Å². The van der Waals surface area contributed by atoms with Crippen LogP contribution in [0.15, 0.2) is 34.7 Å². The summed E-state index contributed by atoms with van der Waals surface area (Å²) >= 11 is 0. The zero-order chi connectivity index (χ0) is 18.4. The monoisotopic (exact) mass is 353 g/mol. The number of carbonyl (C=O) groups is 2. The number of hydrogen-bond donors (Lipinski definition) is 2. The Morgan fingerprint density at radius 1 is 1.32 bits per heavy atom. The average molecular weight is 353 g/mol. The van der Waals surface area contributed by atoms with Gasteiger partial charge in [-0.15, -0.1) is 0 Å². The number of halogens is 2. The molecule has 0 bridgehead atoms. The lowest BCUT2D eigenvalue weighted by Gasteiger charge is -2.08. The fraction of sp³-hybridized carbons (Fsp3) is 0.294. The fourth-order valence-electron chi connectivity index (χ4n) is 2.16. The van der Waals surface area contributed by atoms with Crippen LogP contribution in [0.3, 0.4) is 0 Å². The van der Waals surface area contributed by atoms with Crippen LogP contribution in [0.5, 0.6) is 5.75 Å². The highest BCUT2D eigenvalue weighted by atomic mass is 19.3. The number of carboxylic acid groups (broad SMARTS) is 1. The van der Waals surface area contributed by atoms with E-state index in [1.165, 1.54) is 18.2 Å². The van der Waals surface area contributed by atoms with Gasteiger partial charge < -0.3 is 19.6 Å². The van der Waals surface area contributed by atoms with Crippen molar-refractivity contribution in [3.63, 3.8) is 0 Å². The number of furan rings is 1. The van der Waals surface area contributed by atoms with E-state index in [-0.39, 0.29) is 29.4 Å². The number of hydrogen-bond acceptors (Lipinski definition) is 4. The number of benzene rings is 1. The van der Waals surface area contributed by atoms with Crippen molar-refractivity contribution in [2.75, 3.05) is 6.61 Å². The van der Waals surface area contributed by atoms with Crippen molar-refractivity contribution in [3.05, 3.63) is 53.0 Å². The predicted molar refractivity (Wildman–Crippen MR) is 84.2 cm³/mol. The SMILES string of the molecule is CCc1oc(C(=O)NCc2cccc(OCC(F)F)c2)cc1C(=O)O. The number of nitrogens with one attached hydrogen (secondary N) is 1. The second-order valence-corrected chi connectivity index (χ2v) is 5.14. The Morgan fingerprint density at radius 3 is 2.68 bits per heavy atom. The molecule has 0 spiro atoms. The molecule has 0 aliphatic rings. The van der Waals surface area contributed by atoms with E-state index in [0.717, 1.165) is 0 Å². The van der Waals surface area contributed by atoms with Crippen LogP contribution in [0.2, 0.25) is 0 Å². The number of ether oxygens (including phenoxy) is 1. The molecule has 0 aliphatic carbocycles. The molecule has 134 valence electrons. The summed E-state index contributed by atoms with van der Waals surface area (Å²) < 4.78 is 34.5. The number of rotatable bonds is 8. The minimum absolute atomic E-state index is 0.0463. The molecule has 2 rings (SSSR count). The van der Waals surface area contributed by atoms with Gasteiger partial charge in [-0.25, -0.2) is 13.6 Å². The Balaban J connectivity index is 2.00. The summed E-state index contributed by atoms with van der Waals surface area (Å²) in [5, 5.41) is 11.6. The van der Waals surface area contributed by atoms with Gasteiger partial charge in [0.1, 0.15) is 23.7 Å². The van der Waals surface area contributed by atoms with Gasteiger partial charge in [0.2, 0.25) is 0 Å². The van der Waals surface area contributed by atoms with Gasteiger partial charge in [-0.05, 0) is 17.7 Å². The predicted octanol–water partition coefficient (Wildman–Crippen LogP) is 3.11. The molecular weight excluding hydrogens is 336 g/mol. The first-order valence-corrected chi connectivity index (χ1v) is 7.54. The molecule has 0 radical (unpaired) electrons. The zero-order valence-corrected chi connectivity index (χ0v) is 13.4. The first-order valence-electron chi connectivity index (χ1n) is 7.54. The molecule has 1 aromatic heterocycles. The highest BCUT2D eigenvalue weighted by Gasteiger charge is 2.19. The van der Waals surface area contributed by atoms with Crippen LogP contribution in [0, 0.1) is 0 Å². The molecule has 2 aromatic rings. The quantitative estimate of drug-likeness (QED) is 0.761. The summed E-state index contributed by atoms with van der Waals surface area (Å²) in [6, 6.07) is 7.56. The Hall–Kier alpha value is -2.90. The third-order valence-electron chi connectivity index (χ3n) is 3.31. The van der Waals surface area contributed by atoms with Gasteiger partial charge in [-0.1, -0.05) is 19.1 Å².